The van der Waals surface area contributed by atoms with Crippen molar-refractivity contribution in [2.24, 2.45) is 5.73 Å². The molecule has 0 spiro atoms. The number of pyridine rings is 1. The fourth-order valence-electron chi connectivity index (χ4n) is 3.80. The number of carbonyl (C=O) groups excluding carboxylic acids is 2. The number of primary amides is 1. The molecule has 0 unspecified atom stereocenters. The van der Waals surface area contributed by atoms with Crippen molar-refractivity contribution in [3.8, 4) is 17.0 Å². The van der Waals surface area contributed by atoms with Gasteiger partial charge in [0, 0.05) is 15.8 Å². The number of carbonyl (C=O) groups is 2. The average Bonchev–Trinajstić information content (AvgIpc) is 3.13. The van der Waals surface area contributed by atoms with Crippen molar-refractivity contribution in [3.05, 3.63) is 76.2 Å². The summed E-state index contributed by atoms with van der Waals surface area (Å²) in [5.41, 5.74) is 9.60. The summed E-state index contributed by atoms with van der Waals surface area (Å²) in [6.45, 7) is 3.89. The smallest absolute Gasteiger partial charge is 0.257 e. The Hall–Kier alpha value is -3.71. The minimum Gasteiger partial charge on any atom is -0.497 e. The largest absolute Gasteiger partial charge is 0.497 e. The number of fused-ring (bicyclic) bond motifs is 1. The molecule has 6 nitrogen and oxygen atoms in total. The number of aryl methyl sites for hydroxylation is 1. The second-order valence-corrected chi connectivity index (χ2v) is 8.54. The van der Waals surface area contributed by atoms with Gasteiger partial charge in [0.25, 0.3) is 11.8 Å². The first-order valence-electron chi connectivity index (χ1n) is 10.2. The average molecular weight is 446 g/mol. The van der Waals surface area contributed by atoms with Crippen molar-refractivity contribution in [1.82, 2.24) is 4.98 Å². The Kier molecular flexibility index (Phi) is 5.92. The number of ether oxygens (including phenoxy) is 1. The Balaban J connectivity index is 1.80. The van der Waals surface area contributed by atoms with Crippen molar-refractivity contribution in [1.29, 1.82) is 0 Å². The van der Waals surface area contributed by atoms with Gasteiger partial charge in [-0.25, -0.2) is 4.98 Å². The Morgan fingerprint density at radius 2 is 1.84 bits per heavy atom. The number of thiophene rings is 1. The molecule has 0 saturated heterocycles. The van der Waals surface area contributed by atoms with Gasteiger partial charge < -0.3 is 15.8 Å². The molecule has 0 radical (unpaired) electrons. The predicted molar refractivity (Wildman–Crippen MR) is 129 cm³/mol. The van der Waals surface area contributed by atoms with Crippen LogP contribution in [-0.2, 0) is 6.42 Å². The first-order valence-corrected chi connectivity index (χ1v) is 11.0. The summed E-state index contributed by atoms with van der Waals surface area (Å²) in [7, 11) is 1.61. The summed E-state index contributed by atoms with van der Waals surface area (Å²) >= 11 is 1.36. The van der Waals surface area contributed by atoms with Gasteiger partial charge in [-0.1, -0.05) is 25.1 Å². The van der Waals surface area contributed by atoms with Crippen LogP contribution in [0.3, 0.4) is 0 Å². The van der Waals surface area contributed by atoms with Crippen molar-refractivity contribution < 1.29 is 14.3 Å². The third kappa shape index (κ3) is 3.94. The van der Waals surface area contributed by atoms with Crippen LogP contribution in [0.5, 0.6) is 5.75 Å². The van der Waals surface area contributed by atoms with Gasteiger partial charge in [-0.3, -0.25) is 9.59 Å². The van der Waals surface area contributed by atoms with E-state index in [1.165, 1.54) is 11.3 Å². The fraction of sp³-hybridized carbons (Fsp3) is 0.160. The zero-order valence-electron chi connectivity index (χ0n) is 18.1. The number of nitrogens with two attached hydrogens (primary N) is 1. The zero-order valence-corrected chi connectivity index (χ0v) is 18.9. The molecule has 2 heterocycles. The molecule has 4 aromatic rings. The number of hydrogen-bond donors (Lipinski definition) is 2. The molecular formula is C25H23N3O3S. The van der Waals surface area contributed by atoms with Gasteiger partial charge in [-0.05, 0) is 55.3 Å². The molecule has 0 bridgehead atoms. The van der Waals surface area contributed by atoms with E-state index in [0.29, 0.717) is 33.8 Å². The maximum Gasteiger partial charge on any atom is 0.257 e. The molecule has 0 saturated carbocycles. The number of anilines is 1. The van der Waals surface area contributed by atoms with Crippen molar-refractivity contribution in [2.45, 2.75) is 20.3 Å². The van der Waals surface area contributed by atoms with E-state index >= 15 is 0 Å². The lowest BCUT2D eigenvalue weighted by atomic mass is 10.0. The molecule has 4 rings (SSSR count). The fourth-order valence-corrected chi connectivity index (χ4v) is 4.94. The lowest BCUT2D eigenvalue weighted by molar-refractivity contribution is 0.100. The van der Waals surface area contributed by atoms with E-state index in [4.69, 9.17) is 15.5 Å². The maximum atomic E-state index is 13.4. The normalized spacial score (nSPS) is 10.8. The van der Waals surface area contributed by atoms with E-state index in [0.717, 1.165) is 27.1 Å². The second-order valence-electron chi connectivity index (χ2n) is 7.31. The maximum absolute atomic E-state index is 13.4. The topological polar surface area (TPSA) is 94.3 Å². The highest BCUT2D eigenvalue weighted by Crippen LogP contribution is 2.34. The van der Waals surface area contributed by atoms with E-state index in [1.54, 1.807) is 13.2 Å². The van der Waals surface area contributed by atoms with Crippen molar-refractivity contribution in [2.75, 3.05) is 12.4 Å². The molecule has 7 heteroatoms. The zero-order chi connectivity index (χ0) is 22.8. The minimum absolute atomic E-state index is 0.315. The van der Waals surface area contributed by atoms with E-state index in [9.17, 15) is 9.59 Å². The first kappa shape index (κ1) is 21.5. The summed E-state index contributed by atoms with van der Waals surface area (Å²) in [5.74, 6) is -0.115. The lowest BCUT2D eigenvalue weighted by Gasteiger charge is -2.11. The number of methoxy groups -OCH3 is 1. The van der Waals surface area contributed by atoms with Gasteiger partial charge in [0.1, 0.15) is 10.8 Å². The van der Waals surface area contributed by atoms with E-state index in [1.807, 2.05) is 62.4 Å². The summed E-state index contributed by atoms with van der Waals surface area (Å²) in [6.07, 6.45) is 0.663. The highest BCUT2D eigenvalue weighted by Gasteiger charge is 2.22. The summed E-state index contributed by atoms with van der Waals surface area (Å²) < 4.78 is 5.23. The molecule has 0 atom stereocenters. The number of para-hydroxylation sites is 1. The standard InChI is InChI=1S/C25H23N3O3S/c1-4-17-14(2)32-25(22(17)23(26)29)28-24(30)19-13-21(15-9-11-16(31-3)12-10-15)27-20-8-6-5-7-18(19)20/h5-13H,4H2,1-3H3,(H2,26,29)(H,28,30). The Bertz CT molecular complexity index is 1330. The molecule has 0 aliphatic heterocycles. The van der Waals surface area contributed by atoms with Gasteiger partial charge in [0.15, 0.2) is 0 Å². The van der Waals surface area contributed by atoms with Crippen LogP contribution in [0, 0.1) is 6.92 Å². The quantitative estimate of drug-likeness (QED) is 0.427. The molecule has 0 aliphatic carbocycles. The Morgan fingerprint density at radius 1 is 1.12 bits per heavy atom. The van der Waals surface area contributed by atoms with Gasteiger partial charge >= 0.3 is 0 Å². The van der Waals surface area contributed by atoms with Crippen LogP contribution in [-0.4, -0.2) is 23.9 Å². The lowest BCUT2D eigenvalue weighted by Crippen LogP contribution is -2.18. The van der Waals surface area contributed by atoms with Crippen LogP contribution in [0.1, 0.15) is 38.1 Å². The van der Waals surface area contributed by atoms with Crippen LogP contribution in [0.2, 0.25) is 0 Å². The number of benzene rings is 2. The van der Waals surface area contributed by atoms with Gasteiger partial charge in [0.2, 0.25) is 0 Å². The Morgan fingerprint density at radius 3 is 2.50 bits per heavy atom. The monoisotopic (exact) mass is 445 g/mol. The summed E-state index contributed by atoms with van der Waals surface area (Å²) in [5, 5.41) is 4.13. The number of nitrogens with zero attached hydrogens (tertiary/aromatic N) is 1. The predicted octanol–water partition coefficient (Wildman–Crippen LogP) is 5.19. The van der Waals surface area contributed by atoms with Crippen LogP contribution in [0.4, 0.5) is 5.00 Å². The van der Waals surface area contributed by atoms with Crippen LogP contribution >= 0.6 is 11.3 Å². The van der Waals surface area contributed by atoms with E-state index < -0.39 is 5.91 Å². The minimum atomic E-state index is -0.542. The Labute approximate surface area is 190 Å². The van der Waals surface area contributed by atoms with Gasteiger partial charge in [0.05, 0.1) is 29.4 Å². The molecule has 0 aliphatic rings. The van der Waals surface area contributed by atoms with Gasteiger partial charge in [-0.2, -0.15) is 0 Å². The molecule has 2 amide bonds. The third-order valence-electron chi connectivity index (χ3n) is 5.38. The summed E-state index contributed by atoms with van der Waals surface area (Å²) in [6, 6.07) is 16.8. The summed E-state index contributed by atoms with van der Waals surface area (Å²) in [4.78, 5) is 31.2. The number of amides is 2. The third-order valence-corrected chi connectivity index (χ3v) is 6.45. The number of hydrogen-bond acceptors (Lipinski definition) is 5. The first-order chi connectivity index (χ1) is 15.4. The molecule has 3 N–H and O–H groups in total. The molecular weight excluding hydrogens is 422 g/mol. The second kappa shape index (κ2) is 8.80. The SMILES string of the molecule is CCc1c(C)sc(NC(=O)c2cc(-c3ccc(OC)cc3)nc3ccccc23)c1C(N)=O. The molecule has 0 fully saturated rings. The molecule has 2 aromatic heterocycles. The van der Waals surface area contributed by atoms with Crippen LogP contribution < -0.4 is 15.8 Å². The van der Waals surface area contributed by atoms with Crippen LogP contribution in [0.15, 0.2) is 54.6 Å². The molecule has 2 aromatic carbocycles. The number of aromatic nitrogens is 1. The molecule has 162 valence electrons. The number of nitrogens with one attached hydrogen (secondary N) is 1. The van der Waals surface area contributed by atoms with Crippen LogP contribution in [0.25, 0.3) is 22.2 Å². The van der Waals surface area contributed by atoms with Gasteiger partial charge in [-0.15, -0.1) is 11.3 Å². The van der Waals surface area contributed by atoms with Crippen molar-refractivity contribution in [3.63, 3.8) is 0 Å². The highest BCUT2D eigenvalue weighted by molar-refractivity contribution is 7.16. The number of rotatable bonds is 6. The van der Waals surface area contributed by atoms with E-state index in [2.05, 4.69) is 5.32 Å². The molecule has 32 heavy (non-hydrogen) atoms. The van der Waals surface area contributed by atoms with Crippen molar-refractivity contribution >= 4 is 39.1 Å². The van der Waals surface area contributed by atoms with E-state index in [-0.39, 0.29) is 5.91 Å². The highest BCUT2D eigenvalue weighted by atomic mass is 32.1.